The van der Waals surface area contributed by atoms with Gasteiger partial charge in [0.1, 0.15) is 10.8 Å². The Morgan fingerprint density at radius 2 is 2.03 bits per heavy atom. The molecule has 6 heterocycles. The second-order valence-electron chi connectivity index (χ2n) is 9.45. The van der Waals surface area contributed by atoms with E-state index in [1.807, 2.05) is 36.4 Å². The summed E-state index contributed by atoms with van der Waals surface area (Å²) in [5.41, 5.74) is 0.459. The van der Waals surface area contributed by atoms with Crippen molar-refractivity contribution in [2.24, 2.45) is 0 Å². The molecule has 0 saturated carbocycles. The Morgan fingerprint density at radius 3 is 2.70 bits per heavy atom. The quantitative estimate of drug-likeness (QED) is 0.667. The first kappa shape index (κ1) is 19.9. The van der Waals surface area contributed by atoms with Crippen molar-refractivity contribution in [3.8, 4) is 0 Å². The molecule has 1 amide bonds. The van der Waals surface area contributed by atoms with Gasteiger partial charge in [-0.25, -0.2) is 14.5 Å². The fraction of sp³-hybridized carbons (Fsp3) is 0.667. The lowest BCUT2D eigenvalue weighted by Gasteiger charge is -2.55. The number of piperazine rings is 1. The molecule has 3 atom stereocenters. The van der Waals surface area contributed by atoms with Crippen LogP contribution in [-0.4, -0.2) is 63.1 Å². The van der Waals surface area contributed by atoms with Crippen LogP contribution in [-0.2, 0) is 9.47 Å². The molecule has 0 aliphatic carbocycles. The number of fused-ring (bicyclic) bond motifs is 3. The molecule has 2 bridgehead atoms. The van der Waals surface area contributed by atoms with Gasteiger partial charge in [0, 0.05) is 32.0 Å². The fourth-order valence-corrected chi connectivity index (χ4v) is 4.91. The van der Waals surface area contributed by atoms with Crippen LogP contribution in [0.2, 0.25) is 5.15 Å². The van der Waals surface area contributed by atoms with Crippen LogP contribution in [0.3, 0.4) is 0 Å². The Morgan fingerprint density at radius 1 is 1.27 bits per heavy atom. The molecule has 162 valence electrons. The van der Waals surface area contributed by atoms with E-state index in [4.69, 9.17) is 26.2 Å². The molecule has 3 unspecified atom stereocenters. The van der Waals surface area contributed by atoms with E-state index >= 15 is 0 Å². The third-order valence-corrected chi connectivity index (χ3v) is 6.27. The van der Waals surface area contributed by atoms with Crippen LogP contribution in [0.25, 0.3) is 10.9 Å². The summed E-state index contributed by atoms with van der Waals surface area (Å²) in [6.07, 6.45) is 5.65. The van der Waals surface area contributed by atoms with Crippen LogP contribution < -0.4 is 4.90 Å². The van der Waals surface area contributed by atoms with Gasteiger partial charge in [-0.05, 0) is 46.5 Å². The smallest absolute Gasteiger partial charge is 0.410 e. The van der Waals surface area contributed by atoms with Crippen molar-refractivity contribution < 1.29 is 14.3 Å². The van der Waals surface area contributed by atoms with Gasteiger partial charge in [0.25, 0.3) is 0 Å². The van der Waals surface area contributed by atoms with E-state index in [9.17, 15) is 4.79 Å². The maximum absolute atomic E-state index is 12.6. The summed E-state index contributed by atoms with van der Waals surface area (Å²) in [5, 5.41) is 6.37. The molecule has 2 aromatic rings. The predicted molar refractivity (Wildman–Crippen MR) is 114 cm³/mol. The lowest BCUT2D eigenvalue weighted by atomic mass is 9.88. The summed E-state index contributed by atoms with van der Waals surface area (Å²) in [6, 6.07) is 2.15. The summed E-state index contributed by atoms with van der Waals surface area (Å²) in [4.78, 5) is 21.0. The maximum Gasteiger partial charge on any atom is 0.410 e. The molecule has 6 rings (SSSR count). The number of hydrogen-bond acceptors (Lipinski definition) is 6. The van der Waals surface area contributed by atoms with Crippen molar-refractivity contribution in [2.75, 3.05) is 24.6 Å². The first-order valence-electron chi connectivity index (χ1n) is 10.7. The van der Waals surface area contributed by atoms with Crippen LogP contribution in [0.1, 0.15) is 52.7 Å². The summed E-state index contributed by atoms with van der Waals surface area (Å²) in [5.74, 6) is 0.891. The number of rotatable bonds is 2. The van der Waals surface area contributed by atoms with E-state index in [0.717, 1.165) is 62.1 Å². The van der Waals surface area contributed by atoms with Crippen LogP contribution in [0.5, 0.6) is 0 Å². The monoisotopic (exact) mass is 433 g/mol. The lowest BCUT2D eigenvalue weighted by Crippen LogP contribution is -2.70. The summed E-state index contributed by atoms with van der Waals surface area (Å²) < 4.78 is 13.5. The van der Waals surface area contributed by atoms with Gasteiger partial charge < -0.3 is 14.4 Å². The number of halogens is 1. The highest BCUT2D eigenvalue weighted by atomic mass is 35.5. The molecule has 0 spiro atoms. The van der Waals surface area contributed by atoms with E-state index in [0.29, 0.717) is 5.15 Å². The minimum Gasteiger partial charge on any atom is -0.444 e. The van der Waals surface area contributed by atoms with E-state index in [1.54, 1.807) is 6.20 Å². The Kier molecular flexibility index (Phi) is 4.82. The predicted octanol–water partition coefficient (Wildman–Crippen LogP) is 3.98. The number of piperidine rings is 1. The second-order valence-corrected chi connectivity index (χ2v) is 9.84. The Labute approximate surface area is 181 Å². The molecule has 0 aromatic carbocycles. The van der Waals surface area contributed by atoms with Crippen molar-refractivity contribution >= 4 is 34.4 Å². The largest absolute Gasteiger partial charge is 0.444 e. The second kappa shape index (κ2) is 7.27. The van der Waals surface area contributed by atoms with Gasteiger partial charge in [-0.3, -0.25) is 4.90 Å². The molecule has 30 heavy (non-hydrogen) atoms. The summed E-state index contributed by atoms with van der Waals surface area (Å²) in [6.45, 7) is 7.91. The summed E-state index contributed by atoms with van der Waals surface area (Å²) in [7, 11) is 0. The molecular formula is C21H28ClN5O3. The zero-order valence-electron chi connectivity index (χ0n) is 17.7. The first-order chi connectivity index (χ1) is 14.3. The SMILES string of the molecule is CC(C)(C)OC(=O)N1C2CC1CN(c1nn(C3CCCCO3)c3cc(Cl)ncc13)C2. The number of carbonyl (C=O) groups excluding carboxylic acids is 1. The van der Waals surface area contributed by atoms with Crippen LogP contribution in [0.4, 0.5) is 10.6 Å². The molecule has 4 saturated heterocycles. The third-order valence-electron chi connectivity index (χ3n) is 6.06. The molecule has 4 aliphatic rings. The number of ether oxygens (including phenoxy) is 2. The molecule has 4 aliphatic heterocycles. The number of hydrogen-bond donors (Lipinski definition) is 0. The number of anilines is 1. The molecular weight excluding hydrogens is 406 g/mol. The van der Waals surface area contributed by atoms with Crippen molar-refractivity contribution in [1.82, 2.24) is 19.7 Å². The lowest BCUT2D eigenvalue weighted by molar-refractivity contribution is -0.0392. The van der Waals surface area contributed by atoms with Gasteiger partial charge in [0.15, 0.2) is 12.0 Å². The van der Waals surface area contributed by atoms with E-state index in [1.165, 1.54) is 0 Å². The van der Waals surface area contributed by atoms with Crippen molar-refractivity contribution in [2.45, 2.75) is 70.4 Å². The molecule has 0 radical (unpaired) electrons. The van der Waals surface area contributed by atoms with Crippen LogP contribution in [0, 0.1) is 0 Å². The molecule has 4 fully saturated rings. The highest BCUT2D eigenvalue weighted by Crippen LogP contribution is 2.39. The highest BCUT2D eigenvalue weighted by Gasteiger charge is 2.49. The zero-order valence-corrected chi connectivity index (χ0v) is 18.4. The first-order valence-corrected chi connectivity index (χ1v) is 11.1. The van der Waals surface area contributed by atoms with Crippen molar-refractivity contribution in [3.63, 3.8) is 0 Å². The van der Waals surface area contributed by atoms with E-state index in [-0.39, 0.29) is 24.4 Å². The Hall–Kier alpha value is -2.06. The molecule has 9 heteroatoms. The average molecular weight is 434 g/mol. The fourth-order valence-electron chi connectivity index (χ4n) is 4.76. The van der Waals surface area contributed by atoms with Crippen LogP contribution >= 0.6 is 11.6 Å². The third kappa shape index (κ3) is 3.50. The van der Waals surface area contributed by atoms with Crippen LogP contribution in [0.15, 0.2) is 12.3 Å². The van der Waals surface area contributed by atoms with Gasteiger partial charge in [0.2, 0.25) is 0 Å². The Bertz CT molecular complexity index is 953. The summed E-state index contributed by atoms with van der Waals surface area (Å²) >= 11 is 6.20. The maximum atomic E-state index is 12.6. The van der Waals surface area contributed by atoms with Crippen molar-refractivity contribution in [1.29, 1.82) is 0 Å². The van der Waals surface area contributed by atoms with Gasteiger partial charge >= 0.3 is 6.09 Å². The minimum absolute atomic E-state index is 0.0777. The Balaban J connectivity index is 1.41. The number of pyridine rings is 1. The minimum atomic E-state index is -0.486. The topological polar surface area (TPSA) is 72.7 Å². The number of amides is 1. The standard InChI is InChI=1S/C21H28ClN5O3/c1-21(2,3)30-20(28)26-13-8-14(26)12-25(11-13)19-15-10-23-17(22)9-16(15)27(24-19)18-6-4-5-7-29-18/h9-10,13-14,18H,4-8,11-12H2,1-3H3. The molecule has 8 nitrogen and oxygen atoms in total. The van der Waals surface area contributed by atoms with Gasteiger partial charge in [-0.2, -0.15) is 5.10 Å². The van der Waals surface area contributed by atoms with E-state index < -0.39 is 5.60 Å². The van der Waals surface area contributed by atoms with Crippen molar-refractivity contribution in [3.05, 3.63) is 17.4 Å². The van der Waals surface area contributed by atoms with Gasteiger partial charge in [-0.1, -0.05) is 11.6 Å². The van der Waals surface area contributed by atoms with Gasteiger partial charge in [-0.15, -0.1) is 0 Å². The van der Waals surface area contributed by atoms with Gasteiger partial charge in [0.05, 0.1) is 23.0 Å². The molecule has 0 N–H and O–H groups in total. The number of nitrogens with zero attached hydrogens (tertiary/aromatic N) is 5. The number of aromatic nitrogens is 3. The average Bonchev–Trinajstić information content (AvgIpc) is 3.06. The number of carbonyl (C=O) groups is 1. The molecule has 2 aromatic heterocycles. The normalized spacial score (nSPS) is 26.6. The van der Waals surface area contributed by atoms with E-state index in [2.05, 4.69) is 9.88 Å². The highest BCUT2D eigenvalue weighted by molar-refractivity contribution is 6.30. The zero-order chi connectivity index (χ0) is 21.0.